The molecule has 1 aliphatic rings. The number of aromatic nitrogens is 1. The third kappa shape index (κ3) is 2.70. The number of hydrogen-bond donors (Lipinski definition) is 1. The van der Waals surface area contributed by atoms with E-state index in [0.29, 0.717) is 0 Å². The van der Waals surface area contributed by atoms with Crippen molar-refractivity contribution in [1.82, 2.24) is 4.98 Å². The summed E-state index contributed by atoms with van der Waals surface area (Å²) in [5, 5.41) is 0.941. The van der Waals surface area contributed by atoms with E-state index in [1.54, 1.807) is 18.3 Å². The fourth-order valence-electron chi connectivity index (χ4n) is 3.35. The summed E-state index contributed by atoms with van der Waals surface area (Å²) in [5.41, 5.74) is 12.1. The van der Waals surface area contributed by atoms with Crippen LogP contribution in [0, 0.1) is 6.92 Å². The molecule has 1 aliphatic heterocycles. The molecule has 2 N–H and O–H groups in total. The van der Waals surface area contributed by atoms with Gasteiger partial charge in [-0.15, -0.1) is 11.3 Å². The van der Waals surface area contributed by atoms with Crippen molar-refractivity contribution in [3.8, 4) is 21.8 Å². The molecule has 4 rings (SSSR count). The van der Waals surface area contributed by atoms with Gasteiger partial charge in [0.15, 0.2) is 0 Å². The van der Waals surface area contributed by atoms with E-state index in [2.05, 4.69) is 19.1 Å². The molecule has 126 valence electrons. The standard InChI is InChI=1S/C20H19N3OS/c1-12-19(22-20(25-12)16-5-3-4-6-17(16)21)15-7-8-18-14(11-15)9-10-23(18)13(2)24/h3-8,11H,9-10,21H2,1-2H3. The molecule has 5 heteroatoms. The van der Waals surface area contributed by atoms with Crippen molar-refractivity contribution in [3.63, 3.8) is 0 Å². The van der Waals surface area contributed by atoms with Crippen molar-refractivity contribution in [2.45, 2.75) is 20.3 Å². The van der Waals surface area contributed by atoms with Crippen molar-refractivity contribution in [1.29, 1.82) is 0 Å². The lowest BCUT2D eigenvalue weighted by Crippen LogP contribution is -2.25. The fourth-order valence-corrected chi connectivity index (χ4v) is 4.33. The Balaban J connectivity index is 1.75. The number of anilines is 2. The predicted molar refractivity (Wildman–Crippen MR) is 104 cm³/mol. The normalized spacial score (nSPS) is 13.1. The number of hydrogen-bond acceptors (Lipinski definition) is 4. The van der Waals surface area contributed by atoms with Crippen molar-refractivity contribution in [2.75, 3.05) is 17.2 Å². The zero-order valence-corrected chi connectivity index (χ0v) is 15.1. The van der Waals surface area contributed by atoms with E-state index in [9.17, 15) is 4.79 Å². The minimum absolute atomic E-state index is 0.0955. The summed E-state index contributed by atoms with van der Waals surface area (Å²) in [6, 6.07) is 14.1. The van der Waals surface area contributed by atoms with Gasteiger partial charge >= 0.3 is 0 Å². The number of fused-ring (bicyclic) bond motifs is 1. The van der Waals surface area contributed by atoms with Gasteiger partial charge in [0.25, 0.3) is 0 Å². The highest BCUT2D eigenvalue weighted by molar-refractivity contribution is 7.15. The number of benzene rings is 2. The van der Waals surface area contributed by atoms with Crippen molar-refractivity contribution < 1.29 is 4.79 Å². The number of nitrogens with zero attached hydrogens (tertiary/aromatic N) is 2. The first-order valence-corrected chi connectivity index (χ1v) is 9.10. The quantitative estimate of drug-likeness (QED) is 0.703. The van der Waals surface area contributed by atoms with Gasteiger partial charge in [-0.05, 0) is 43.2 Å². The summed E-state index contributed by atoms with van der Waals surface area (Å²) in [6.45, 7) is 4.46. The van der Waals surface area contributed by atoms with Gasteiger partial charge in [-0.1, -0.05) is 18.2 Å². The topological polar surface area (TPSA) is 59.2 Å². The van der Waals surface area contributed by atoms with Crippen LogP contribution in [-0.2, 0) is 11.2 Å². The molecule has 0 radical (unpaired) electrons. The Hall–Kier alpha value is -2.66. The van der Waals surface area contributed by atoms with Crippen molar-refractivity contribution >= 4 is 28.6 Å². The van der Waals surface area contributed by atoms with E-state index in [1.165, 1.54) is 10.4 Å². The van der Waals surface area contributed by atoms with Crippen LogP contribution in [0.3, 0.4) is 0 Å². The van der Waals surface area contributed by atoms with E-state index in [1.807, 2.05) is 35.2 Å². The second kappa shape index (κ2) is 6.01. The van der Waals surface area contributed by atoms with Gasteiger partial charge in [-0.2, -0.15) is 0 Å². The van der Waals surface area contributed by atoms with Crippen LogP contribution in [0.15, 0.2) is 42.5 Å². The van der Waals surface area contributed by atoms with E-state index in [4.69, 9.17) is 10.7 Å². The monoisotopic (exact) mass is 349 g/mol. The number of thiazole rings is 1. The molecule has 2 heterocycles. The van der Waals surface area contributed by atoms with E-state index in [0.717, 1.165) is 46.2 Å². The number of carbonyl (C=O) groups excluding carboxylic acids is 1. The molecule has 1 amide bonds. The molecule has 0 unspecified atom stereocenters. The van der Waals surface area contributed by atoms with Crippen LogP contribution in [0.25, 0.3) is 21.8 Å². The van der Waals surface area contributed by atoms with Crippen LogP contribution < -0.4 is 10.6 Å². The smallest absolute Gasteiger partial charge is 0.223 e. The molecule has 0 saturated carbocycles. The lowest BCUT2D eigenvalue weighted by molar-refractivity contribution is -0.116. The molecule has 0 saturated heterocycles. The Morgan fingerprint density at radius 2 is 2.04 bits per heavy atom. The first-order valence-electron chi connectivity index (χ1n) is 8.28. The fraction of sp³-hybridized carbons (Fsp3) is 0.200. The van der Waals surface area contributed by atoms with E-state index < -0.39 is 0 Å². The van der Waals surface area contributed by atoms with Gasteiger partial charge in [-0.3, -0.25) is 4.79 Å². The van der Waals surface area contributed by atoms with Gasteiger partial charge < -0.3 is 10.6 Å². The van der Waals surface area contributed by atoms with Crippen LogP contribution in [0.1, 0.15) is 17.4 Å². The number of carbonyl (C=O) groups is 1. The molecule has 2 aromatic carbocycles. The molecule has 4 nitrogen and oxygen atoms in total. The minimum atomic E-state index is 0.0955. The first kappa shape index (κ1) is 15.8. The van der Waals surface area contributed by atoms with Crippen LogP contribution in [-0.4, -0.2) is 17.4 Å². The summed E-state index contributed by atoms with van der Waals surface area (Å²) in [7, 11) is 0. The molecular formula is C20H19N3OS. The van der Waals surface area contributed by atoms with E-state index in [-0.39, 0.29) is 5.91 Å². The summed E-state index contributed by atoms with van der Waals surface area (Å²) in [5.74, 6) is 0.0955. The minimum Gasteiger partial charge on any atom is -0.398 e. The molecular weight excluding hydrogens is 330 g/mol. The Labute approximate surface area is 150 Å². The van der Waals surface area contributed by atoms with Crippen LogP contribution in [0.2, 0.25) is 0 Å². The molecule has 0 spiro atoms. The average molecular weight is 349 g/mol. The third-order valence-corrected chi connectivity index (χ3v) is 5.62. The number of aryl methyl sites for hydroxylation is 1. The van der Waals surface area contributed by atoms with Gasteiger partial charge in [0.05, 0.1) is 5.69 Å². The highest BCUT2D eigenvalue weighted by Crippen LogP contribution is 2.38. The maximum absolute atomic E-state index is 11.7. The van der Waals surface area contributed by atoms with Crippen molar-refractivity contribution in [3.05, 3.63) is 52.9 Å². The maximum Gasteiger partial charge on any atom is 0.223 e. The van der Waals surface area contributed by atoms with E-state index >= 15 is 0 Å². The molecule has 0 atom stereocenters. The lowest BCUT2D eigenvalue weighted by Gasteiger charge is -2.14. The van der Waals surface area contributed by atoms with Gasteiger partial charge in [0.1, 0.15) is 5.01 Å². The largest absolute Gasteiger partial charge is 0.398 e. The maximum atomic E-state index is 11.7. The van der Waals surface area contributed by atoms with Gasteiger partial charge in [0, 0.05) is 40.8 Å². The third-order valence-electron chi connectivity index (χ3n) is 4.62. The molecule has 0 fully saturated rings. The zero-order chi connectivity index (χ0) is 17.6. The summed E-state index contributed by atoms with van der Waals surface area (Å²) in [6.07, 6.45) is 0.893. The zero-order valence-electron chi connectivity index (χ0n) is 14.2. The Morgan fingerprint density at radius 3 is 2.80 bits per heavy atom. The number of para-hydroxylation sites is 1. The summed E-state index contributed by atoms with van der Waals surface area (Å²) < 4.78 is 0. The number of nitrogen functional groups attached to an aromatic ring is 1. The molecule has 3 aromatic rings. The SMILES string of the molecule is CC(=O)N1CCc2cc(-c3nc(-c4ccccc4N)sc3C)ccc21. The summed E-state index contributed by atoms with van der Waals surface area (Å²) in [4.78, 5) is 19.6. The lowest BCUT2D eigenvalue weighted by atomic mass is 10.1. The van der Waals surface area contributed by atoms with Gasteiger partial charge in [0.2, 0.25) is 5.91 Å². The average Bonchev–Trinajstić information content (AvgIpc) is 3.18. The van der Waals surface area contributed by atoms with Crippen molar-refractivity contribution in [2.24, 2.45) is 0 Å². The molecule has 0 aliphatic carbocycles. The Bertz CT molecular complexity index is 977. The first-order chi connectivity index (χ1) is 12.0. The van der Waals surface area contributed by atoms with Crippen LogP contribution in [0.5, 0.6) is 0 Å². The predicted octanol–water partition coefficient (Wildman–Crippen LogP) is 4.28. The summed E-state index contributed by atoms with van der Waals surface area (Å²) >= 11 is 1.66. The number of rotatable bonds is 2. The Kier molecular flexibility index (Phi) is 3.81. The molecule has 1 aromatic heterocycles. The van der Waals surface area contributed by atoms with Crippen LogP contribution in [0.4, 0.5) is 11.4 Å². The second-order valence-electron chi connectivity index (χ2n) is 6.28. The number of nitrogens with two attached hydrogens (primary N) is 1. The molecule has 25 heavy (non-hydrogen) atoms. The van der Waals surface area contributed by atoms with Gasteiger partial charge in [-0.25, -0.2) is 4.98 Å². The Morgan fingerprint density at radius 1 is 1.24 bits per heavy atom. The highest BCUT2D eigenvalue weighted by Gasteiger charge is 2.23. The molecule has 0 bridgehead atoms. The highest BCUT2D eigenvalue weighted by atomic mass is 32.1. The van der Waals surface area contributed by atoms with Crippen LogP contribution >= 0.6 is 11.3 Å². The second-order valence-corrected chi connectivity index (χ2v) is 7.48. The number of amides is 1.